The van der Waals surface area contributed by atoms with Crippen LogP contribution in [-0.4, -0.2) is 5.78 Å². The molecule has 0 N–H and O–H groups in total. The summed E-state index contributed by atoms with van der Waals surface area (Å²) in [4.78, 5) is 11.8. The first-order valence-corrected chi connectivity index (χ1v) is 7.82. The van der Waals surface area contributed by atoms with E-state index in [1.54, 1.807) is 12.2 Å². The summed E-state index contributed by atoms with van der Waals surface area (Å²) in [5, 5.41) is -0.640. The van der Waals surface area contributed by atoms with Gasteiger partial charge in [0.2, 0.25) is 0 Å². The Hall–Kier alpha value is -1.83. The summed E-state index contributed by atoms with van der Waals surface area (Å²) in [6, 6.07) is 19.2. The zero-order valence-electron chi connectivity index (χ0n) is 11.9. The summed E-state index contributed by atoms with van der Waals surface area (Å²) in [7, 11) is 0. The zero-order chi connectivity index (χ0) is 15.8. The molecular weight excluding hydrogens is 315 g/mol. The molecule has 0 heterocycles. The molecule has 0 aliphatic rings. The summed E-state index contributed by atoms with van der Waals surface area (Å²) in [5.74, 6) is -0.136. The second-order valence-electron chi connectivity index (χ2n) is 4.75. The second-order valence-corrected chi connectivity index (χ2v) is 5.69. The van der Waals surface area contributed by atoms with E-state index in [9.17, 15) is 4.79 Å². The molecule has 0 saturated heterocycles. The number of halogens is 2. The third-order valence-corrected chi connectivity index (χ3v) is 3.89. The molecule has 0 spiro atoms. The standard InChI is InChI=1S/C19H16Cl2O/c20-18(15-7-3-1-4-8-15)13-11-17(22)12-14-19(21)16-9-5-2-6-10-16/h1-14,18-19H. The lowest BCUT2D eigenvalue weighted by Crippen LogP contribution is -1.91. The van der Waals surface area contributed by atoms with Crippen LogP contribution >= 0.6 is 23.2 Å². The van der Waals surface area contributed by atoms with E-state index >= 15 is 0 Å². The van der Waals surface area contributed by atoms with Gasteiger partial charge >= 0.3 is 0 Å². The van der Waals surface area contributed by atoms with Crippen LogP contribution in [0, 0.1) is 0 Å². The van der Waals surface area contributed by atoms with Crippen molar-refractivity contribution in [2.24, 2.45) is 0 Å². The van der Waals surface area contributed by atoms with Gasteiger partial charge < -0.3 is 0 Å². The molecule has 2 rings (SSSR count). The van der Waals surface area contributed by atoms with Crippen LogP contribution < -0.4 is 0 Å². The van der Waals surface area contributed by atoms with Gasteiger partial charge in [-0.15, -0.1) is 23.2 Å². The molecule has 3 heteroatoms. The Morgan fingerprint density at radius 1 is 0.727 bits per heavy atom. The Balaban J connectivity index is 1.92. The minimum absolute atomic E-state index is 0.136. The fourth-order valence-electron chi connectivity index (χ4n) is 1.91. The third-order valence-electron chi connectivity index (χ3n) is 3.09. The normalized spacial score (nSPS) is 14.3. The maximum atomic E-state index is 11.8. The number of alkyl halides is 2. The molecule has 2 atom stereocenters. The zero-order valence-corrected chi connectivity index (χ0v) is 13.4. The summed E-state index contributed by atoms with van der Waals surface area (Å²) < 4.78 is 0. The quantitative estimate of drug-likeness (QED) is 0.495. The minimum Gasteiger partial charge on any atom is -0.290 e. The number of hydrogen-bond donors (Lipinski definition) is 0. The lowest BCUT2D eigenvalue weighted by molar-refractivity contribution is -0.110. The van der Waals surface area contributed by atoms with E-state index in [4.69, 9.17) is 23.2 Å². The van der Waals surface area contributed by atoms with E-state index in [2.05, 4.69) is 0 Å². The van der Waals surface area contributed by atoms with Crippen LogP contribution in [0.1, 0.15) is 21.9 Å². The number of carbonyl (C=O) groups excluding carboxylic acids is 1. The molecule has 2 unspecified atom stereocenters. The SMILES string of the molecule is O=C(C=CC(Cl)c1ccccc1)C=CC(Cl)c1ccccc1. The van der Waals surface area contributed by atoms with Gasteiger partial charge in [0, 0.05) is 0 Å². The van der Waals surface area contributed by atoms with Gasteiger partial charge in [0.05, 0.1) is 10.8 Å². The first kappa shape index (κ1) is 16.5. The molecule has 0 aliphatic carbocycles. The molecule has 2 aromatic carbocycles. The van der Waals surface area contributed by atoms with Gasteiger partial charge in [-0.1, -0.05) is 72.8 Å². The maximum absolute atomic E-state index is 11.8. The fourth-order valence-corrected chi connectivity index (χ4v) is 2.35. The van der Waals surface area contributed by atoms with E-state index in [0.29, 0.717) is 0 Å². The number of allylic oxidation sites excluding steroid dienone is 4. The maximum Gasteiger partial charge on any atom is 0.178 e. The van der Waals surface area contributed by atoms with Crippen molar-refractivity contribution >= 4 is 29.0 Å². The molecule has 0 radical (unpaired) electrons. The number of benzene rings is 2. The van der Waals surface area contributed by atoms with Crippen LogP contribution in [0.25, 0.3) is 0 Å². The molecule has 0 aliphatic heterocycles. The lowest BCUT2D eigenvalue weighted by atomic mass is 10.1. The number of hydrogen-bond acceptors (Lipinski definition) is 1. The number of ketones is 1. The molecule has 0 amide bonds. The highest BCUT2D eigenvalue weighted by atomic mass is 35.5. The highest BCUT2D eigenvalue weighted by Gasteiger charge is 2.04. The highest BCUT2D eigenvalue weighted by Crippen LogP contribution is 2.22. The summed E-state index contributed by atoms with van der Waals surface area (Å²) in [5.41, 5.74) is 1.91. The first-order valence-electron chi connectivity index (χ1n) is 6.95. The molecule has 2 aromatic rings. The number of rotatable bonds is 6. The van der Waals surface area contributed by atoms with Gasteiger partial charge in [-0.3, -0.25) is 4.79 Å². The lowest BCUT2D eigenvalue weighted by Gasteiger charge is -2.03. The van der Waals surface area contributed by atoms with Crippen molar-refractivity contribution < 1.29 is 4.79 Å². The van der Waals surface area contributed by atoms with Crippen molar-refractivity contribution in [3.05, 3.63) is 96.1 Å². The summed E-state index contributed by atoms with van der Waals surface area (Å²) >= 11 is 12.4. The minimum atomic E-state index is -0.320. The van der Waals surface area contributed by atoms with Crippen LogP contribution in [0.2, 0.25) is 0 Å². The van der Waals surface area contributed by atoms with E-state index < -0.39 is 0 Å². The Morgan fingerprint density at radius 3 is 1.45 bits per heavy atom. The summed E-state index contributed by atoms with van der Waals surface area (Å²) in [6.45, 7) is 0. The smallest absolute Gasteiger partial charge is 0.178 e. The average molecular weight is 331 g/mol. The van der Waals surface area contributed by atoms with Crippen LogP contribution in [-0.2, 0) is 4.79 Å². The molecule has 22 heavy (non-hydrogen) atoms. The van der Waals surface area contributed by atoms with Gasteiger partial charge in [0.15, 0.2) is 5.78 Å². The van der Waals surface area contributed by atoms with Crippen LogP contribution in [0.3, 0.4) is 0 Å². The molecule has 112 valence electrons. The van der Waals surface area contributed by atoms with Gasteiger partial charge in [0.1, 0.15) is 0 Å². The Labute approximate surface area is 140 Å². The van der Waals surface area contributed by atoms with Crippen molar-refractivity contribution in [3.8, 4) is 0 Å². The summed E-state index contributed by atoms with van der Waals surface area (Å²) in [6.07, 6.45) is 6.29. The number of carbonyl (C=O) groups is 1. The molecule has 0 bridgehead atoms. The predicted octanol–water partition coefficient (Wildman–Crippen LogP) is 5.63. The molecule has 0 saturated carbocycles. The average Bonchev–Trinajstić information content (AvgIpc) is 2.59. The van der Waals surface area contributed by atoms with Crippen molar-refractivity contribution in [2.75, 3.05) is 0 Å². The van der Waals surface area contributed by atoms with Gasteiger partial charge in [0.25, 0.3) is 0 Å². The molecule has 0 fully saturated rings. The molecule has 0 aromatic heterocycles. The van der Waals surface area contributed by atoms with E-state index in [-0.39, 0.29) is 16.5 Å². The first-order chi connectivity index (χ1) is 10.7. The van der Waals surface area contributed by atoms with E-state index in [0.717, 1.165) is 11.1 Å². The fraction of sp³-hybridized carbons (Fsp3) is 0.105. The van der Waals surface area contributed by atoms with Crippen molar-refractivity contribution in [3.63, 3.8) is 0 Å². The van der Waals surface area contributed by atoms with E-state index in [1.165, 1.54) is 12.2 Å². The predicted molar refractivity (Wildman–Crippen MR) is 93.4 cm³/mol. The molecular formula is C19H16Cl2O. The molecule has 1 nitrogen and oxygen atoms in total. The van der Waals surface area contributed by atoms with Crippen LogP contribution in [0.15, 0.2) is 85.0 Å². The van der Waals surface area contributed by atoms with E-state index in [1.807, 2.05) is 60.7 Å². The highest BCUT2D eigenvalue weighted by molar-refractivity contribution is 6.23. The van der Waals surface area contributed by atoms with Crippen molar-refractivity contribution in [1.82, 2.24) is 0 Å². The monoisotopic (exact) mass is 330 g/mol. The van der Waals surface area contributed by atoms with Crippen LogP contribution in [0.4, 0.5) is 0 Å². The van der Waals surface area contributed by atoms with Crippen molar-refractivity contribution in [1.29, 1.82) is 0 Å². The van der Waals surface area contributed by atoms with Gasteiger partial charge in [-0.2, -0.15) is 0 Å². The topological polar surface area (TPSA) is 17.1 Å². The Kier molecular flexibility index (Phi) is 6.45. The van der Waals surface area contributed by atoms with Gasteiger partial charge in [-0.05, 0) is 23.3 Å². The van der Waals surface area contributed by atoms with Gasteiger partial charge in [-0.25, -0.2) is 0 Å². The second kappa shape index (κ2) is 8.57. The van der Waals surface area contributed by atoms with Crippen molar-refractivity contribution in [2.45, 2.75) is 10.8 Å². The third kappa shape index (κ3) is 5.18. The Morgan fingerprint density at radius 2 is 1.09 bits per heavy atom. The Bertz CT molecular complexity index is 590. The van der Waals surface area contributed by atoms with Crippen LogP contribution in [0.5, 0.6) is 0 Å². The largest absolute Gasteiger partial charge is 0.290 e.